The van der Waals surface area contributed by atoms with E-state index in [0.717, 1.165) is 50.6 Å². The number of fused-ring (bicyclic) bond motifs is 16. The summed E-state index contributed by atoms with van der Waals surface area (Å²) in [4.78, 5) is 4.39. The highest BCUT2D eigenvalue weighted by Gasteiger charge is 2.22. The summed E-state index contributed by atoms with van der Waals surface area (Å²) in [6, 6.07) is 61.6. The van der Waals surface area contributed by atoms with E-state index in [1.807, 2.05) is 23.7 Å². The molecule has 1 aliphatic carbocycles. The van der Waals surface area contributed by atoms with Crippen LogP contribution in [0.2, 0.25) is 0 Å². The van der Waals surface area contributed by atoms with E-state index in [0.29, 0.717) is 0 Å². The lowest BCUT2D eigenvalue weighted by molar-refractivity contribution is 0.670. The first-order valence-electron chi connectivity index (χ1n) is 23.2. The molecule has 0 amide bonds. The third kappa shape index (κ3) is 5.41. The van der Waals surface area contributed by atoms with Crippen molar-refractivity contribution < 1.29 is 4.42 Å². The molecule has 2 nitrogen and oxygen atoms in total. The van der Waals surface area contributed by atoms with Crippen molar-refractivity contribution >= 4 is 124 Å². The molecule has 15 rings (SSSR count). The van der Waals surface area contributed by atoms with Crippen LogP contribution in [0.1, 0.15) is 22.3 Å². The van der Waals surface area contributed by atoms with Crippen molar-refractivity contribution in [1.82, 2.24) is 4.98 Å². The van der Waals surface area contributed by atoms with Crippen LogP contribution in [-0.4, -0.2) is 4.98 Å². The van der Waals surface area contributed by atoms with Gasteiger partial charge in [-0.1, -0.05) is 109 Å². The van der Waals surface area contributed by atoms with Crippen molar-refractivity contribution in [2.24, 2.45) is 0 Å². The Morgan fingerprint density at radius 3 is 1.94 bits per heavy atom. The predicted octanol–water partition coefficient (Wildman–Crippen LogP) is 18.5. The molecule has 0 aliphatic heterocycles. The average Bonchev–Trinajstić information content (AvgIpc) is 3.94. The molecular weight excluding hydrogens is 831 g/mol. The summed E-state index contributed by atoms with van der Waals surface area (Å²) in [6.07, 6.45) is 9.43. The van der Waals surface area contributed by atoms with Crippen LogP contribution in [0.25, 0.3) is 146 Å². The Balaban J connectivity index is 0.974. The van der Waals surface area contributed by atoms with Gasteiger partial charge in [-0.3, -0.25) is 4.98 Å². The number of thiophene rings is 1. The Hall–Kier alpha value is -8.11. The van der Waals surface area contributed by atoms with E-state index >= 15 is 0 Å². The smallest absolute Gasteiger partial charge is 0.143 e. The van der Waals surface area contributed by atoms with Gasteiger partial charge >= 0.3 is 0 Å². The minimum atomic E-state index is 0.876. The largest absolute Gasteiger partial charge is 0.455 e. The quantitative estimate of drug-likeness (QED) is 0.131. The van der Waals surface area contributed by atoms with Gasteiger partial charge in [0.05, 0.1) is 0 Å². The first-order chi connectivity index (χ1) is 33.0. The van der Waals surface area contributed by atoms with Crippen LogP contribution in [0, 0.1) is 13.8 Å². The number of allylic oxidation sites excluding steroid dienone is 1. The molecule has 0 saturated carbocycles. The first-order valence-corrected chi connectivity index (χ1v) is 24.0. The van der Waals surface area contributed by atoms with E-state index in [9.17, 15) is 0 Å². The molecule has 3 heteroatoms. The van der Waals surface area contributed by atoms with Gasteiger partial charge in [0.15, 0.2) is 0 Å². The summed E-state index contributed by atoms with van der Waals surface area (Å²) in [6.45, 7) is 4.49. The second-order valence-electron chi connectivity index (χ2n) is 18.7. The second-order valence-corrected chi connectivity index (χ2v) is 19.7. The minimum Gasteiger partial charge on any atom is -0.455 e. The van der Waals surface area contributed by atoms with E-state index in [-0.39, 0.29) is 0 Å². The van der Waals surface area contributed by atoms with E-state index in [1.54, 1.807) is 0 Å². The fourth-order valence-electron chi connectivity index (χ4n) is 11.5. The van der Waals surface area contributed by atoms with Crippen LogP contribution in [0.3, 0.4) is 0 Å². The Kier molecular flexibility index (Phi) is 7.60. The molecule has 3 aromatic heterocycles. The number of aryl methyl sites for hydroxylation is 2. The number of furan rings is 1. The number of hydrogen-bond donors (Lipinski definition) is 0. The summed E-state index contributed by atoms with van der Waals surface area (Å²) in [5.74, 6) is 0. The fourth-order valence-corrected chi connectivity index (χ4v) is 12.9. The summed E-state index contributed by atoms with van der Waals surface area (Å²) in [5, 5.41) is 20.4. The zero-order valence-electron chi connectivity index (χ0n) is 36.9. The Morgan fingerprint density at radius 1 is 0.433 bits per heavy atom. The standard InChI is InChI=1S/C64H39NOS/c1-35-25-53-49-18-19-50-58-32-45-11-5-9-38-10-6-12-51(60(38)45)63(58)67-64(50)61(49)48-17-15-44(30-55(48)54(53)26-36(35)2)47-33-52(37-21-23-65-24-22-37)62-57(34-47)56-31-43(16-20-59(56)66-62)41-13-14-42-27-39-7-3-4-8-40(39)28-46(42)29-41/h3-9,11-34H,10H2,1-2H3. The van der Waals surface area contributed by atoms with Crippen molar-refractivity contribution in [3.8, 4) is 33.4 Å². The van der Waals surface area contributed by atoms with Crippen LogP contribution in [0.4, 0.5) is 0 Å². The van der Waals surface area contributed by atoms with Crippen molar-refractivity contribution in [3.05, 3.63) is 205 Å². The predicted molar refractivity (Wildman–Crippen MR) is 288 cm³/mol. The monoisotopic (exact) mass is 869 g/mol. The summed E-state index contributed by atoms with van der Waals surface area (Å²) in [5.41, 5.74) is 14.0. The normalized spacial score (nSPS) is 12.8. The van der Waals surface area contributed by atoms with Gasteiger partial charge in [0, 0.05) is 59.9 Å². The lowest BCUT2D eigenvalue weighted by Gasteiger charge is -2.15. The van der Waals surface area contributed by atoms with Crippen molar-refractivity contribution in [2.45, 2.75) is 20.3 Å². The van der Waals surface area contributed by atoms with Gasteiger partial charge < -0.3 is 4.42 Å². The Labute approximate surface area is 389 Å². The number of aromatic nitrogens is 1. The maximum Gasteiger partial charge on any atom is 0.143 e. The second kappa shape index (κ2) is 13.7. The topological polar surface area (TPSA) is 26.0 Å². The van der Waals surface area contributed by atoms with Crippen molar-refractivity contribution in [2.75, 3.05) is 0 Å². The molecule has 0 N–H and O–H groups in total. The third-order valence-electron chi connectivity index (χ3n) is 15.0. The van der Waals surface area contributed by atoms with Gasteiger partial charge in [0.2, 0.25) is 0 Å². The Bertz CT molecular complexity index is 4550. The minimum absolute atomic E-state index is 0.876. The van der Waals surface area contributed by atoms with Gasteiger partial charge in [-0.25, -0.2) is 0 Å². The van der Waals surface area contributed by atoms with Gasteiger partial charge in [-0.05, 0) is 191 Å². The van der Waals surface area contributed by atoms with Gasteiger partial charge in [-0.15, -0.1) is 11.3 Å². The number of rotatable bonds is 3. The number of benzene rings is 11. The van der Waals surface area contributed by atoms with Gasteiger partial charge in [-0.2, -0.15) is 0 Å². The molecule has 3 heterocycles. The van der Waals surface area contributed by atoms with Crippen LogP contribution in [0.5, 0.6) is 0 Å². The fraction of sp³-hybridized carbons (Fsp3) is 0.0469. The SMILES string of the molecule is Cc1cc2c3cc(-c4cc(-c5ccncc5)c5oc6ccc(-c7ccc8cc9ccccc9cc8c7)cc6c5c4)ccc3c3c(ccc4c5cc6cccc7c6c(c5sc43)C=CC7)c2cc1C. The van der Waals surface area contributed by atoms with Crippen molar-refractivity contribution in [1.29, 1.82) is 0 Å². The van der Waals surface area contributed by atoms with Crippen molar-refractivity contribution in [3.63, 3.8) is 0 Å². The van der Waals surface area contributed by atoms with Crippen LogP contribution >= 0.6 is 11.3 Å². The number of nitrogens with zero attached hydrogens (tertiary/aromatic N) is 1. The first kappa shape index (κ1) is 37.1. The highest BCUT2D eigenvalue weighted by atomic mass is 32.1. The molecule has 11 aromatic carbocycles. The van der Waals surface area contributed by atoms with E-state index in [4.69, 9.17) is 4.42 Å². The van der Waals surface area contributed by atoms with E-state index < -0.39 is 0 Å². The maximum atomic E-state index is 6.83. The highest BCUT2D eigenvalue weighted by molar-refractivity contribution is 7.27. The molecule has 0 fully saturated rings. The maximum absolute atomic E-state index is 6.83. The average molecular weight is 870 g/mol. The summed E-state index contributed by atoms with van der Waals surface area (Å²) >= 11 is 1.97. The van der Waals surface area contributed by atoms with Crippen LogP contribution in [0.15, 0.2) is 187 Å². The van der Waals surface area contributed by atoms with E-state index in [2.05, 4.69) is 195 Å². The molecule has 1 aliphatic rings. The summed E-state index contributed by atoms with van der Waals surface area (Å²) in [7, 11) is 0. The number of hydrogen-bond acceptors (Lipinski definition) is 3. The lowest BCUT2D eigenvalue weighted by Crippen LogP contribution is -1.92. The van der Waals surface area contributed by atoms with Gasteiger partial charge in [0.25, 0.3) is 0 Å². The molecule has 0 radical (unpaired) electrons. The zero-order valence-corrected chi connectivity index (χ0v) is 37.7. The lowest BCUT2D eigenvalue weighted by atomic mass is 9.88. The molecule has 0 spiro atoms. The van der Waals surface area contributed by atoms with E-state index in [1.165, 1.54) is 118 Å². The molecular formula is C64H39NOS. The molecule has 0 unspecified atom stereocenters. The third-order valence-corrected chi connectivity index (χ3v) is 16.2. The molecule has 312 valence electrons. The van der Waals surface area contributed by atoms with Gasteiger partial charge in [0.1, 0.15) is 11.2 Å². The van der Waals surface area contributed by atoms with Crippen LogP contribution in [-0.2, 0) is 6.42 Å². The highest BCUT2D eigenvalue weighted by Crippen LogP contribution is 2.49. The molecule has 0 saturated heterocycles. The zero-order chi connectivity index (χ0) is 44.1. The summed E-state index contributed by atoms with van der Waals surface area (Å²) < 4.78 is 9.57. The van der Waals surface area contributed by atoms with Crippen LogP contribution < -0.4 is 0 Å². The Morgan fingerprint density at radius 2 is 1.09 bits per heavy atom. The molecule has 0 atom stereocenters. The molecule has 14 aromatic rings. The molecule has 67 heavy (non-hydrogen) atoms. The number of pyridine rings is 1. The molecule has 0 bridgehead atoms.